The lowest BCUT2D eigenvalue weighted by molar-refractivity contribution is 0.249. The Hall–Kier alpha value is -1.26. The first-order valence-corrected chi connectivity index (χ1v) is 6.42. The zero-order chi connectivity index (χ0) is 13.2. The van der Waals surface area contributed by atoms with Gasteiger partial charge in [-0.05, 0) is 49.3 Å². The van der Waals surface area contributed by atoms with Gasteiger partial charge in [0.05, 0.1) is 12.8 Å². The highest BCUT2D eigenvalue weighted by Gasteiger charge is 1.99. The molecule has 0 spiro atoms. The van der Waals surface area contributed by atoms with E-state index in [1.807, 2.05) is 24.3 Å². The molecule has 0 fully saturated rings. The second-order valence-corrected chi connectivity index (χ2v) is 4.04. The third-order valence-corrected chi connectivity index (χ3v) is 2.87. The van der Waals surface area contributed by atoms with E-state index in [1.165, 1.54) is 6.21 Å². The zero-order valence-electron chi connectivity index (χ0n) is 11.6. The summed E-state index contributed by atoms with van der Waals surface area (Å²) in [6.45, 7) is 8.32. The number of oxime groups is 1. The van der Waals surface area contributed by atoms with Crippen molar-refractivity contribution < 1.29 is 9.94 Å². The molecule has 0 unspecified atom stereocenters. The van der Waals surface area contributed by atoms with E-state index in [1.54, 1.807) is 0 Å². The van der Waals surface area contributed by atoms with Gasteiger partial charge >= 0.3 is 0 Å². The molecule has 1 rings (SSSR count). The van der Waals surface area contributed by atoms with E-state index in [0.717, 1.165) is 44.0 Å². The third kappa shape index (κ3) is 7.03. The molecule has 0 bridgehead atoms. The van der Waals surface area contributed by atoms with Crippen molar-refractivity contribution in [2.75, 3.05) is 26.2 Å². The Morgan fingerprint density at radius 1 is 1.21 bits per heavy atom. The number of hydrogen-bond donors (Lipinski definition) is 1. The molecule has 0 amide bonds. The van der Waals surface area contributed by atoms with Crippen LogP contribution in [0.1, 0.15) is 25.8 Å². The molecule has 0 aromatic heterocycles. The second kappa shape index (κ2) is 10.6. The average Bonchev–Trinajstić information content (AvgIpc) is 2.41. The molecule has 0 aliphatic carbocycles. The topological polar surface area (TPSA) is 45.1 Å². The maximum atomic E-state index is 8.39. The molecule has 0 aliphatic rings. The van der Waals surface area contributed by atoms with Gasteiger partial charge in [0, 0.05) is 6.54 Å². The summed E-state index contributed by atoms with van der Waals surface area (Å²) in [7, 11) is 0. The Labute approximate surface area is 121 Å². The van der Waals surface area contributed by atoms with Gasteiger partial charge in [-0.3, -0.25) is 0 Å². The van der Waals surface area contributed by atoms with Crippen LogP contribution in [0, 0.1) is 0 Å². The molecule has 0 heterocycles. The van der Waals surface area contributed by atoms with Gasteiger partial charge in [-0.25, -0.2) is 0 Å². The predicted octanol–water partition coefficient (Wildman–Crippen LogP) is 3.03. The van der Waals surface area contributed by atoms with E-state index in [-0.39, 0.29) is 12.4 Å². The zero-order valence-corrected chi connectivity index (χ0v) is 12.4. The van der Waals surface area contributed by atoms with Crippen molar-refractivity contribution in [3.8, 4) is 5.75 Å². The van der Waals surface area contributed by atoms with Crippen molar-refractivity contribution in [1.82, 2.24) is 4.90 Å². The summed E-state index contributed by atoms with van der Waals surface area (Å²) >= 11 is 0. The van der Waals surface area contributed by atoms with E-state index in [0.29, 0.717) is 0 Å². The van der Waals surface area contributed by atoms with Crippen LogP contribution in [0.4, 0.5) is 0 Å². The van der Waals surface area contributed by atoms with Gasteiger partial charge in [0.1, 0.15) is 5.75 Å². The van der Waals surface area contributed by atoms with Gasteiger partial charge in [-0.15, -0.1) is 12.4 Å². The fourth-order valence-electron chi connectivity index (χ4n) is 1.73. The van der Waals surface area contributed by atoms with E-state index in [4.69, 9.17) is 9.94 Å². The summed E-state index contributed by atoms with van der Waals surface area (Å²) in [5.74, 6) is 0.852. The monoisotopic (exact) mass is 286 g/mol. The van der Waals surface area contributed by atoms with Crippen LogP contribution < -0.4 is 4.74 Å². The lowest BCUT2D eigenvalue weighted by Crippen LogP contribution is -2.25. The maximum Gasteiger partial charge on any atom is 0.119 e. The van der Waals surface area contributed by atoms with Gasteiger partial charge in [0.15, 0.2) is 0 Å². The summed E-state index contributed by atoms with van der Waals surface area (Å²) in [6, 6.07) is 7.49. The average molecular weight is 287 g/mol. The van der Waals surface area contributed by atoms with Gasteiger partial charge in [0.2, 0.25) is 0 Å². The molecule has 0 saturated heterocycles. The summed E-state index contributed by atoms with van der Waals surface area (Å²) in [6.07, 6.45) is 2.42. The van der Waals surface area contributed by atoms with E-state index in [9.17, 15) is 0 Å². The van der Waals surface area contributed by atoms with Crippen LogP contribution in [0.25, 0.3) is 0 Å². The Balaban J connectivity index is 0.00000324. The van der Waals surface area contributed by atoms with E-state index in [2.05, 4.69) is 23.9 Å². The highest BCUT2D eigenvalue weighted by molar-refractivity contribution is 5.85. The Bertz CT molecular complexity index is 351. The number of hydrogen-bond acceptors (Lipinski definition) is 4. The molecular formula is C14H23ClN2O2. The SMILES string of the molecule is CCN(CC)CCCOc1ccc(/C=N/O)cc1.Cl. The normalized spacial score (nSPS) is 10.7. The van der Waals surface area contributed by atoms with Crippen LogP contribution in [0.3, 0.4) is 0 Å². The molecule has 0 saturated carbocycles. The summed E-state index contributed by atoms with van der Waals surface area (Å²) in [5, 5.41) is 11.4. The summed E-state index contributed by atoms with van der Waals surface area (Å²) in [4.78, 5) is 2.38. The van der Waals surface area contributed by atoms with Crippen LogP contribution in [0.15, 0.2) is 29.4 Å². The number of nitrogens with zero attached hydrogens (tertiary/aromatic N) is 2. The van der Waals surface area contributed by atoms with Crippen LogP contribution in [0.2, 0.25) is 0 Å². The van der Waals surface area contributed by atoms with Gasteiger partial charge < -0.3 is 14.8 Å². The number of ether oxygens (including phenoxy) is 1. The number of rotatable bonds is 8. The Morgan fingerprint density at radius 2 is 1.84 bits per heavy atom. The van der Waals surface area contributed by atoms with Crippen LogP contribution >= 0.6 is 12.4 Å². The van der Waals surface area contributed by atoms with Crippen molar-refractivity contribution in [3.05, 3.63) is 29.8 Å². The Kier molecular flexibility index (Phi) is 9.94. The first-order chi connectivity index (χ1) is 8.80. The number of halogens is 1. The van der Waals surface area contributed by atoms with E-state index < -0.39 is 0 Å². The fraction of sp³-hybridized carbons (Fsp3) is 0.500. The van der Waals surface area contributed by atoms with Gasteiger partial charge in [-0.2, -0.15) is 0 Å². The quantitative estimate of drug-likeness (QED) is 0.346. The molecular weight excluding hydrogens is 264 g/mol. The molecule has 108 valence electrons. The van der Waals surface area contributed by atoms with Crippen molar-refractivity contribution >= 4 is 18.6 Å². The first-order valence-electron chi connectivity index (χ1n) is 6.42. The minimum atomic E-state index is 0. The standard InChI is InChI=1S/C14H22N2O2.ClH/c1-3-16(4-2)10-5-11-18-14-8-6-13(7-9-14)12-15-17;/h6-9,12,17H,3-5,10-11H2,1-2H3;1H/b15-12+;. The minimum absolute atomic E-state index is 0. The predicted molar refractivity (Wildman–Crippen MR) is 81.0 cm³/mol. The van der Waals surface area contributed by atoms with Crippen molar-refractivity contribution in [2.24, 2.45) is 5.16 Å². The minimum Gasteiger partial charge on any atom is -0.494 e. The van der Waals surface area contributed by atoms with Gasteiger partial charge in [-0.1, -0.05) is 19.0 Å². The smallest absolute Gasteiger partial charge is 0.119 e. The second-order valence-electron chi connectivity index (χ2n) is 4.04. The lowest BCUT2D eigenvalue weighted by atomic mass is 10.2. The molecule has 1 aromatic rings. The first kappa shape index (κ1) is 17.7. The van der Waals surface area contributed by atoms with E-state index >= 15 is 0 Å². The maximum absolute atomic E-state index is 8.39. The molecule has 0 aliphatic heterocycles. The largest absolute Gasteiger partial charge is 0.494 e. The molecule has 0 radical (unpaired) electrons. The van der Waals surface area contributed by atoms with Crippen molar-refractivity contribution in [3.63, 3.8) is 0 Å². The third-order valence-electron chi connectivity index (χ3n) is 2.87. The van der Waals surface area contributed by atoms with Crippen molar-refractivity contribution in [2.45, 2.75) is 20.3 Å². The van der Waals surface area contributed by atoms with Crippen LogP contribution in [-0.4, -0.2) is 42.6 Å². The van der Waals surface area contributed by atoms with Gasteiger partial charge in [0.25, 0.3) is 0 Å². The molecule has 5 heteroatoms. The fourth-order valence-corrected chi connectivity index (χ4v) is 1.73. The Morgan fingerprint density at radius 3 is 2.37 bits per heavy atom. The summed E-state index contributed by atoms with van der Waals surface area (Å²) < 4.78 is 5.64. The van der Waals surface area contributed by atoms with Crippen molar-refractivity contribution in [1.29, 1.82) is 0 Å². The van der Waals surface area contributed by atoms with Crippen LogP contribution in [0.5, 0.6) is 5.75 Å². The summed E-state index contributed by atoms with van der Waals surface area (Å²) in [5.41, 5.74) is 0.855. The molecule has 0 atom stereocenters. The van der Waals surface area contributed by atoms with Crippen LogP contribution in [-0.2, 0) is 0 Å². The molecule has 19 heavy (non-hydrogen) atoms. The molecule has 1 aromatic carbocycles. The lowest BCUT2D eigenvalue weighted by Gasteiger charge is -2.17. The molecule has 4 nitrogen and oxygen atoms in total. The molecule has 1 N–H and O–H groups in total. The highest BCUT2D eigenvalue weighted by Crippen LogP contribution is 2.11. The number of benzene rings is 1. The highest BCUT2D eigenvalue weighted by atomic mass is 35.5.